The molecule has 1 aliphatic rings. The highest BCUT2D eigenvalue weighted by atomic mass is 16.6. The van der Waals surface area contributed by atoms with Crippen molar-refractivity contribution in [1.29, 1.82) is 0 Å². The summed E-state index contributed by atoms with van der Waals surface area (Å²) in [7, 11) is 1.94. The van der Waals surface area contributed by atoms with Crippen LogP contribution in [0.1, 0.15) is 11.4 Å². The lowest BCUT2D eigenvalue weighted by Crippen LogP contribution is -2.34. The first kappa shape index (κ1) is 14.9. The van der Waals surface area contributed by atoms with E-state index in [1.54, 1.807) is 6.20 Å². The number of hydrogen-bond acceptors (Lipinski definition) is 6. The van der Waals surface area contributed by atoms with Gasteiger partial charge < -0.3 is 14.8 Å². The lowest BCUT2D eigenvalue weighted by molar-refractivity contribution is -0.0819. The third-order valence-electron chi connectivity index (χ3n) is 3.79. The van der Waals surface area contributed by atoms with Crippen LogP contribution in [0.3, 0.4) is 0 Å². The molecule has 0 spiro atoms. The summed E-state index contributed by atoms with van der Waals surface area (Å²) in [6, 6.07) is 1.91. The Labute approximate surface area is 129 Å². The molecular formula is C15H21N5O2. The van der Waals surface area contributed by atoms with Crippen LogP contribution in [0.5, 0.6) is 0 Å². The number of aromatic nitrogens is 4. The Hall–Kier alpha value is -1.99. The summed E-state index contributed by atoms with van der Waals surface area (Å²) in [5.74, 6) is 0.592. The largest absolute Gasteiger partial charge is 0.376 e. The molecule has 1 aliphatic heterocycles. The third kappa shape index (κ3) is 3.10. The summed E-state index contributed by atoms with van der Waals surface area (Å²) in [6.45, 7) is 6.58. The fourth-order valence-corrected chi connectivity index (χ4v) is 2.59. The van der Waals surface area contributed by atoms with Gasteiger partial charge in [-0.05, 0) is 19.9 Å². The van der Waals surface area contributed by atoms with E-state index < -0.39 is 0 Å². The van der Waals surface area contributed by atoms with Crippen molar-refractivity contribution in [1.82, 2.24) is 19.7 Å². The fraction of sp³-hybridized carbons (Fsp3) is 0.533. The quantitative estimate of drug-likeness (QED) is 0.918. The van der Waals surface area contributed by atoms with E-state index in [1.165, 1.54) is 0 Å². The molecule has 0 unspecified atom stereocenters. The lowest BCUT2D eigenvalue weighted by Gasteiger charge is -2.23. The summed E-state index contributed by atoms with van der Waals surface area (Å²) < 4.78 is 12.8. The van der Waals surface area contributed by atoms with Crippen LogP contribution >= 0.6 is 0 Å². The molecule has 1 N–H and O–H groups in total. The molecule has 1 atom stereocenters. The van der Waals surface area contributed by atoms with E-state index in [9.17, 15) is 0 Å². The number of aryl methyl sites for hydroxylation is 2. The first-order valence-corrected chi connectivity index (χ1v) is 7.42. The summed E-state index contributed by atoms with van der Waals surface area (Å²) in [5.41, 5.74) is 3.99. The molecule has 0 radical (unpaired) electrons. The van der Waals surface area contributed by atoms with E-state index in [2.05, 4.69) is 20.4 Å². The van der Waals surface area contributed by atoms with Crippen molar-refractivity contribution in [2.24, 2.45) is 7.05 Å². The average Bonchev–Trinajstić information content (AvgIpc) is 2.79. The smallest absolute Gasteiger partial charge is 0.223 e. The minimum Gasteiger partial charge on any atom is -0.376 e. The first-order chi connectivity index (χ1) is 10.6. The fourth-order valence-electron chi connectivity index (χ4n) is 2.59. The highest BCUT2D eigenvalue weighted by molar-refractivity contribution is 5.65. The maximum atomic E-state index is 5.60. The Balaban J connectivity index is 1.74. The van der Waals surface area contributed by atoms with Crippen LogP contribution in [-0.2, 0) is 16.5 Å². The molecule has 0 saturated carbocycles. The van der Waals surface area contributed by atoms with E-state index in [4.69, 9.17) is 9.47 Å². The summed E-state index contributed by atoms with van der Waals surface area (Å²) >= 11 is 0. The van der Waals surface area contributed by atoms with Crippen molar-refractivity contribution < 1.29 is 9.47 Å². The van der Waals surface area contributed by atoms with Gasteiger partial charge in [0.2, 0.25) is 5.95 Å². The number of anilines is 1. The summed E-state index contributed by atoms with van der Waals surface area (Å²) in [4.78, 5) is 8.86. The Morgan fingerprint density at radius 1 is 1.36 bits per heavy atom. The van der Waals surface area contributed by atoms with Gasteiger partial charge in [-0.15, -0.1) is 0 Å². The van der Waals surface area contributed by atoms with Gasteiger partial charge >= 0.3 is 0 Å². The molecule has 1 fully saturated rings. The van der Waals surface area contributed by atoms with Crippen LogP contribution in [0.25, 0.3) is 11.3 Å². The molecule has 0 aliphatic carbocycles. The Morgan fingerprint density at radius 2 is 2.23 bits per heavy atom. The van der Waals surface area contributed by atoms with Gasteiger partial charge in [0.1, 0.15) is 0 Å². The molecule has 0 bridgehead atoms. The highest BCUT2D eigenvalue weighted by Crippen LogP contribution is 2.24. The molecule has 3 heterocycles. The second kappa shape index (κ2) is 6.41. The van der Waals surface area contributed by atoms with Gasteiger partial charge in [0.15, 0.2) is 0 Å². The van der Waals surface area contributed by atoms with Gasteiger partial charge in [0.25, 0.3) is 0 Å². The summed E-state index contributed by atoms with van der Waals surface area (Å²) in [5, 5.41) is 7.65. The van der Waals surface area contributed by atoms with Crippen molar-refractivity contribution in [3.8, 4) is 11.3 Å². The molecule has 0 amide bonds. The highest BCUT2D eigenvalue weighted by Gasteiger charge is 2.16. The van der Waals surface area contributed by atoms with E-state index in [1.807, 2.05) is 31.6 Å². The average molecular weight is 303 g/mol. The zero-order valence-electron chi connectivity index (χ0n) is 13.2. The Kier molecular flexibility index (Phi) is 4.35. The summed E-state index contributed by atoms with van der Waals surface area (Å²) in [6.07, 6.45) is 1.80. The van der Waals surface area contributed by atoms with Gasteiger partial charge in [-0.25, -0.2) is 9.97 Å². The van der Waals surface area contributed by atoms with Crippen molar-refractivity contribution in [2.45, 2.75) is 20.0 Å². The van der Waals surface area contributed by atoms with Crippen LogP contribution in [0.15, 0.2) is 12.3 Å². The first-order valence-electron chi connectivity index (χ1n) is 7.42. The molecule has 7 nitrogen and oxygen atoms in total. The van der Waals surface area contributed by atoms with Crippen LogP contribution < -0.4 is 5.32 Å². The predicted octanol–water partition coefficient (Wildman–Crippen LogP) is 1.32. The third-order valence-corrected chi connectivity index (χ3v) is 3.79. The lowest BCUT2D eigenvalue weighted by atomic mass is 10.1. The maximum absolute atomic E-state index is 5.60. The number of hydrogen-bond donors (Lipinski definition) is 1. The molecule has 3 rings (SSSR count). The molecule has 0 aromatic carbocycles. The van der Waals surface area contributed by atoms with Crippen molar-refractivity contribution >= 4 is 5.95 Å². The van der Waals surface area contributed by atoms with Gasteiger partial charge in [-0.3, -0.25) is 4.68 Å². The van der Waals surface area contributed by atoms with E-state index in [0.29, 0.717) is 32.3 Å². The number of nitrogens with one attached hydrogen (secondary N) is 1. The molecule has 2 aromatic heterocycles. The number of rotatable bonds is 4. The van der Waals surface area contributed by atoms with E-state index >= 15 is 0 Å². The number of ether oxygens (including phenoxy) is 2. The standard InChI is InChI=1S/C15H21N5O2/c1-10-14(11(2)20(3)19-10)13-4-5-16-15(18-13)17-8-12-9-21-6-7-22-12/h4-5,12H,6-9H2,1-3H3,(H,16,17,18)/t12-/m0/s1. The van der Waals surface area contributed by atoms with Gasteiger partial charge in [0.05, 0.1) is 37.3 Å². The van der Waals surface area contributed by atoms with E-state index in [-0.39, 0.29) is 6.10 Å². The molecular weight excluding hydrogens is 282 g/mol. The maximum Gasteiger partial charge on any atom is 0.223 e. The van der Waals surface area contributed by atoms with Crippen LogP contribution in [0, 0.1) is 13.8 Å². The van der Waals surface area contributed by atoms with E-state index in [0.717, 1.165) is 22.6 Å². The predicted molar refractivity (Wildman–Crippen MR) is 82.8 cm³/mol. The SMILES string of the molecule is Cc1nn(C)c(C)c1-c1ccnc(NC[C@H]2COCCO2)n1. The van der Waals surface area contributed by atoms with Crippen LogP contribution in [0.4, 0.5) is 5.95 Å². The zero-order chi connectivity index (χ0) is 15.5. The monoisotopic (exact) mass is 303 g/mol. The number of nitrogens with zero attached hydrogens (tertiary/aromatic N) is 4. The van der Waals surface area contributed by atoms with Crippen LogP contribution in [-0.4, -0.2) is 52.2 Å². The molecule has 7 heteroatoms. The second-order valence-electron chi connectivity index (χ2n) is 5.38. The van der Waals surface area contributed by atoms with Crippen LogP contribution in [0.2, 0.25) is 0 Å². The van der Waals surface area contributed by atoms with Crippen molar-refractivity contribution in [2.75, 3.05) is 31.7 Å². The van der Waals surface area contributed by atoms with Gasteiger partial charge in [-0.1, -0.05) is 0 Å². The zero-order valence-corrected chi connectivity index (χ0v) is 13.2. The molecule has 1 saturated heterocycles. The second-order valence-corrected chi connectivity index (χ2v) is 5.38. The minimum absolute atomic E-state index is 0.0443. The molecule has 22 heavy (non-hydrogen) atoms. The van der Waals surface area contributed by atoms with Crippen molar-refractivity contribution in [3.63, 3.8) is 0 Å². The normalized spacial score (nSPS) is 18.4. The molecule has 118 valence electrons. The minimum atomic E-state index is 0.0443. The Bertz CT molecular complexity index is 649. The van der Waals surface area contributed by atoms with Gasteiger partial charge in [-0.2, -0.15) is 5.10 Å². The van der Waals surface area contributed by atoms with Crippen molar-refractivity contribution in [3.05, 3.63) is 23.7 Å². The Morgan fingerprint density at radius 3 is 2.91 bits per heavy atom. The topological polar surface area (TPSA) is 74.1 Å². The molecule has 2 aromatic rings. The van der Waals surface area contributed by atoms with Gasteiger partial charge in [0, 0.05) is 31.0 Å².